The maximum absolute atomic E-state index is 5.56. The maximum Gasteiger partial charge on any atom is 0.159 e. The Bertz CT molecular complexity index is 388. The summed E-state index contributed by atoms with van der Waals surface area (Å²) in [5, 5.41) is 7.86. The molecule has 2 heterocycles. The lowest BCUT2D eigenvalue weighted by Crippen LogP contribution is -2.36. The molecular weight excluding hydrogens is 256 g/mol. The molecule has 6 heteroatoms. The molecule has 0 saturated carbocycles. The summed E-state index contributed by atoms with van der Waals surface area (Å²) in [6.07, 6.45) is 4.36. The molecule has 20 heavy (non-hydrogen) atoms. The predicted molar refractivity (Wildman–Crippen MR) is 76.5 cm³/mol. The molecule has 0 spiro atoms. The zero-order valence-electron chi connectivity index (χ0n) is 12.7. The molecule has 2 rings (SSSR count). The Morgan fingerprint density at radius 1 is 1.40 bits per heavy atom. The van der Waals surface area contributed by atoms with Crippen LogP contribution in [0.3, 0.4) is 0 Å². The summed E-state index contributed by atoms with van der Waals surface area (Å²) in [6, 6.07) is 0.637. The van der Waals surface area contributed by atoms with Crippen molar-refractivity contribution in [3.63, 3.8) is 0 Å². The summed E-state index contributed by atoms with van der Waals surface area (Å²) < 4.78 is 13.1. The van der Waals surface area contributed by atoms with Gasteiger partial charge in [-0.2, -0.15) is 5.10 Å². The highest BCUT2D eigenvalue weighted by Crippen LogP contribution is 2.15. The number of hydrogen-bond acceptors (Lipinski definition) is 5. The van der Waals surface area contributed by atoms with Crippen LogP contribution < -0.4 is 5.32 Å². The third kappa shape index (κ3) is 4.26. The molecule has 1 saturated heterocycles. The molecule has 1 aromatic heterocycles. The van der Waals surface area contributed by atoms with E-state index in [1.54, 1.807) is 6.33 Å². The second-order valence-corrected chi connectivity index (χ2v) is 5.48. The normalized spacial score (nSPS) is 18.0. The Morgan fingerprint density at radius 3 is 2.80 bits per heavy atom. The highest BCUT2D eigenvalue weighted by molar-refractivity contribution is 4.91. The summed E-state index contributed by atoms with van der Waals surface area (Å²) in [5.74, 6) is 1.02. The van der Waals surface area contributed by atoms with Gasteiger partial charge in [-0.25, -0.2) is 9.67 Å². The second-order valence-electron chi connectivity index (χ2n) is 5.48. The largest absolute Gasteiger partial charge is 0.350 e. The molecule has 1 aliphatic heterocycles. The molecule has 6 nitrogen and oxygen atoms in total. The fraction of sp³-hybridized carbons (Fsp3) is 0.857. The number of rotatable bonds is 8. The highest BCUT2D eigenvalue weighted by Gasteiger charge is 2.23. The molecule has 1 N–H and O–H groups in total. The van der Waals surface area contributed by atoms with Crippen LogP contribution in [0.1, 0.15) is 45.5 Å². The van der Waals surface area contributed by atoms with Gasteiger partial charge in [0, 0.05) is 24.9 Å². The van der Waals surface area contributed by atoms with E-state index in [1.807, 2.05) is 4.68 Å². The van der Waals surface area contributed by atoms with Crippen molar-refractivity contribution >= 4 is 0 Å². The zero-order valence-corrected chi connectivity index (χ0v) is 12.7. The quantitative estimate of drug-likeness (QED) is 0.783. The van der Waals surface area contributed by atoms with E-state index in [-0.39, 0.29) is 6.29 Å². The van der Waals surface area contributed by atoms with E-state index in [4.69, 9.17) is 9.47 Å². The smallest absolute Gasteiger partial charge is 0.159 e. The van der Waals surface area contributed by atoms with Crippen molar-refractivity contribution in [2.24, 2.45) is 0 Å². The first-order valence-corrected chi connectivity index (χ1v) is 7.55. The van der Waals surface area contributed by atoms with Crippen molar-refractivity contribution in [2.45, 2.75) is 58.4 Å². The van der Waals surface area contributed by atoms with Gasteiger partial charge in [-0.05, 0) is 26.8 Å². The van der Waals surface area contributed by atoms with Crippen molar-refractivity contribution < 1.29 is 9.47 Å². The molecule has 1 aliphatic rings. The molecule has 114 valence electrons. The fourth-order valence-electron chi connectivity index (χ4n) is 2.43. The minimum atomic E-state index is -0.0835. The van der Waals surface area contributed by atoms with E-state index >= 15 is 0 Å². The minimum Gasteiger partial charge on any atom is -0.350 e. The van der Waals surface area contributed by atoms with Crippen molar-refractivity contribution in [2.75, 3.05) is 19.8 Å². The Hall–Kier alpha value is -0.980. The van der Waals surface area contributed by atoms with Gasteiger partial charge in [0.2, 0.25) is 0 Å². The van der Waals surface area contributed by atoms with Crippen LogP contribution >= 0.6 is 0 Å². The summed E-state index contributed by atoms with van der Waals surface area (Å²) in [5.41, 5.74) is 0. The molecule has 1 fully saturated rings. The van der Waals surface area contributed by atoms with Gasteiger partial charge < -0.3 is 14.8 Å². The molecule has 1 aromatic rings. The number of aromatic nitrogens is 3. The topological polar surface area (TPSA) is 61.2 Å². The van der Waals surface area contributed by atoms with E-state index in [2.05, 4.69) is 36.2 Å². The molecule has 1 atom stereocenters. The lowest BCUT2D eigenvalue weighted by molar-refractivity contribution is -0.0527. The van der Waals surface area contributed by atoms with E-state index < -0.39 is 0 Å². The highest BCUT2D eigenvalue weighted by atomic mass is 16.7. The Morgan fingerprint density at radius 2 is 2.15 bits per heavy atom. The van der Waals surface area contributed by atoms with E-state index in [0.717, 1.165) is 31.6 Å². The van der Waals surface area contributed by atoms with Crippen LogP contribution in [0.15, 0.2) is 6.33 Å². The molecule has 0 bridgehead atoms. The minimum absolute atomic E-state index is 0.0835. The predicted octanol–water partition coefficient (Wildman–Crippen LogP) is 1.53. The van der Waals surface area contributed by atoms with Crippen LogP contribution in [0.4, 0.5) is 0 Å². The molecular formula is C14H26N4O2. The molecule has 0 radical (unpaired) electrons. The third-order valence-electron chi connectivity index (χ3n) is 3.42. The number of hydrogen-bond donors (Lipinski definition) is 1. The first-order chi connectivity index (χ1) is 9.70. The van der Waals surface area contributed by atoms with Crippen molar-refractivity contribution in [1.82, 2.24) is 20.1 Å². The number of ether oxygens (including phenoxy) is 2. The number of nitrogens with one attached hydrogen (secondary N) is 1. The zero-order chi connectivity index (χ0) is 14.4. The first kappa shape index (κ1) is 15.4. The van der Waals surface area contributed by atoms with Gasteiger partial charge in [-0.1, -0.05) is 6.92 Å². The van der Waals surface area contributed by atoms with E-state index in [1.165, 1.54) is 0 Å². The standard InChI is InChI=1S/C14H26N4O2/c1-4-5-15-12(9-14-19-6-7-20-14)8-13-16-10-17-18(13)11(2)3/h10-12,14-15H,4-9H2,1-3H3. The molecule has 0 aliphatic carbocycles. The van der Waals surface area contributed by atoms with Gasteiger partial charge in [0.05, 0.1) is 13.2 Å². The van der Waals surface area contributed by atoms with Crippen LogP contribution in [0.2, 0.25) is 0 Å². The maximum atomic E-state index is 5.56. The van der Waals surface area contributed by atoms with Gasteiger partial charge in [-0.15, -0.1) is 0 Å². The summed E-state index contributed by atoms with van der Waals surface area (Å²) in [6.45, 7) is 8.81. The lowest BCUT2D eigenvalue weighted by Gasteiger charge is -2.21. The van der Waals surface area contributed by atoms with Gasteiger partial charge >= 0.3 is 0 Å². The molecule has 0 amide bonds. The Labute approximate surface area is 120 Å². The fourth-order valence-corrected chi connectivity index (χ4v) is 2.43. The third-order valence-corrected chi connectivity index (χ3v) is 3.42. The summed E-state index contributed by atoms with van der Waals surface area (Å²) in [4.78, 5) is 4.39. The first-order valence-electron chi connectivity index (χ1n) is 7.55. The van der Waals surface area contributed by atoms with Crippen LogP contribution in [0, 0.1) is 0 Å². The average Bonchev–Trinajstić information content (AvgIpc) is 3.07. The van der Waals surface area contributed by atoms with Crippen molar-refractivity contribution in [3.05, 3.63) is 12.2 Å². The van der Waals surface area contributed by atoms with Crippen LogP contribution in [-0.2, 0) is 15.9 Å². The van der Waals surface area contributed by atoms with Crippen LogP contribution in [-0.4, -0.2) is 46.9 Å². The summed E-state index contributed by atoms with van der Waals surface area (Å²) in [7, 11) is 0. The van der Waals surface area contributed by atoms with Crippen LogP contribution in [0.5, 0.6) is 0 Å². The Balaban J connectivity index is 1.96. The van der Waals surface area contributed by atoms with Crippen molar-refractivity contribution in [1.29, 1.82) is 0 Å². The monoisotopic (exact) mass is 282 g/mol. The SMILES string of the molecule is CCCNC(Cc1ncnn1C(C)C)CC1OCCO1. The average molecular weight is 282 g/mol. The second kappa shape index (κ2) is 7.71. The van der Waals surface area contributed by atoms with E-state index in [9.17, 15) is 0 Å². The molecule has 0 aromatic carbocycles. The number of nitrogens with zero attached hydrogens (tertiary/aromatic N) is 3. The Kier molecular flexibility index (Phi) is 5.94. The lowest BCUT2D eigenvalue weighted by atomic mass is 10.1. The van der Waals surface area contributed by atoms with Gasteiger partial charge in [-0.3, -0.25) is 0 Å². The molecule has 1 unspecified atom stereocenters. The van der Waals surface area contributed by atoms with Crippen LogP contribution in [0.25, 0.3) is 0 Å². The van der Waals surface area contributed by atoms with E-state index in [0.29, 0.717) is 25.3 Å². The van der Waals surface area contributed by atoms with Crippen molar-refractivity contribution in [3.8, 4) is 0 Å². The van der Waals surface area contributed by atoms with Gasteiger partial charge in [0.25, 0.3) is 0 Å². The summed E-state index contributed by atoms with van der Waals surface area (Å²) >= 11 is 0. The van der Waals surface area contributed by atoms with Gasteiger partial charge in [0.15, 0.2) is 6.29 Å². The van der Waals surface area contributed by atoms with Gasteiger partial charge in [0.1, 0.15) is 12.2 Å².